The maximum absolute atomic E-state index is 6.41. The molecule has 3 heterocycles. The molecular formula is C44H28N4O. The zero-order valence-electron chi connectivity index (χ0n) is 26.4. The highest BCUT2D eigenvalue weighted by Gasteiger charge is 2.17. The van der Waals surface area contributed by atoms with Gasteiger partial charge in [0.05, 0.1) is 0 Å². The van der Waals surface area contributed by atoms with E-state index in [2.05, 4.69) is 91.0 Å². The highest BCUT2D eigenvalue weighted by Crippen LogP contribution is 2.37. The minimum absolute atomic E-state index is 0.477. The van der Waals surface area contributed by atoms with E-state index in [1.54, 1.807) is 0 Å². The first-order chi connectivity index (χ1) is 24.3. The molecule has 3 aromatic heterocycles. The second-order valence-corrected chi connectivity index (χ2v) is 11.9. The third-order valence-electron chi connectivity index (χ3n) is 8.83. The fourth-order valence-corrected chi connectivity index (χ4v) is 6.34. The molecule has 5 heteroatoms. The van der Waals surface area contributed by atoms with Crippen molar-refractivity contribution in [2.45, 2.75) is 0 Å². The molecule has 0 atom stereocenters. The lowest BCUT2D eigenvalue weighted by Gasteiger charge is -2.09. The van der Waals surface area contributed by atoms with Gasteiger partial charge >= 0.3 is 0 Å². The number of rotatable bonds is 6. The Hall–Kier alpha value is -6.72. The average Bonchev–Trinajstić information content (AvgIpc) is 3.57. The Bertz CT molecular complexity index is 2460. The van der Waals surface area contributed by atoms with Crippen molar-refractivity contribution >= 4 is 21.9 Å². The molecule has 49 heavy (non-hydrogen) atoms. The van der Waals surface area contributed by atoms with Crippen molar-refractivity contribution in [1.82, 2.24) is 19.9 Å². The van der Waals surface area contributed by atoms with Crippen LogP contribution in [-0.2, 0) is 0 Å². The molecule has 0 fully saturated rings. The highest BCUT2D eigenvalue weighted by molar-refractivity contribution is 6.12. The summed E-state index contributed by atoms with van der Waals surface area (Å²) in [5.74, 6) is 1.62. The number of furan rings is 1. The number of fused-ring (bicyclic) bond motifs is 3. The van der Waals surface area contributed by atoms with Gasteiger partial charge in [-0.05, 0) is 39.4 Å². The van der Waals surface area contributed by atoms with Crippen LogP contribution in [0.2, 0.25) is 0 Å². The summed E-state index contributed by atoms with van der Waals surface area (Å²) in [5.41, 5.74) is 10.7. The maximum Gasteiger partial charge on any atom is 0.182 e. The number of aromatic nitrogens is 4. The van der Waals surface area contributed by atoms with Crippen LogP contribution in [0.15, 0.2) is 174 Å². The molecule has 9 aromatic rings. The minimum atomic E-state index is 0.477. The Morgan fingerprint density at radius 2 is 0.837 bits per heavy atom. The Morgan fingerprint density at radius 3 is 1.39 bits per heavy atom. The van der Waals surface area contributed by atoms with Gasteiger partial charge in [0.15, 0.2) is 17.5 Å². The highest BCUT2D eigenvalue weighted by atomic mass is 16.3. The largest absolute Gasteiger partial charge is 0.456 e. The van der Waals surface area contributed by atoms with Crippen LogP contribution in [0.1, 0.15) is 0 Å². The second-order valence-electron chi connectivity index (χ2n) is 11.9. The van der Waals surface area contributed by atoms with Crippen LogP contribution in [0.3, 0.4) is 0 Å². The lowest BCUT2D eigenvalue weighted by Crippen LogP contribution is -2.01. The molecule has 0 unspecified atom stereocenters. The van der Waals surface area contributed by atoms with Crippen LogP contribution >= 0.6 is 0 Å². The second kappa shape index (κ2) is 12.1. The molecule has 9 rings (SSSR count). The molecule has 0 saturated carbocycles. The molecule has 0 spiro atoms. The summed E-state index contributed by atoms with van der Waals surface area (Å²) in [4.78, 5) is 19.8. The molecule has 0 radical (unpaired) electrons. The van der Waals surface area contributed by atoms with Gasteiger partial charge in [-0.15, -0.1) is 0 Å². The van der Waals surface area contributed by atoms with Crippen LogP contribution < -0.4 is 0 Å². The van der Waals surface area contributed by atoms with Gasteiger partial charge in [0.2, 0.25) is 0 Å². The molecule has 0 aliphatic carbocycles. The average molecular weight is 629 g/mol. The smallest absolute Gasteiger partial charge is 0.182 e. The normalized spacial score (nSPS) is 11.3. The first kappa shape index (κ1) is 28.5. The number of benzene rings is 6. The lowest BCUT2D eigenvalue weighted by molar-refractivity contribution is 0.668. The van der Waals surface area contributed by atoms with Gasteiger partial charge in [0.25, 0.3) is 0 Å². The molecule has 0 bridgehead atoms. The fraction of sp³-hybridized carbons (Fsp3) is 0. The van der Waals surface area contributed by atoms with E-state index in [9.17, 15) is 0 Å². The van der Waals surface area contributed by atoms with Gasteiger partial charge < -0.3 is 4.42 Å². The predicted octanol–water partition coefficient (Wildman–Crippen LogP) is 11.2. The summed E-state index contributed by atoms with van der Waals surface area (Å²) in [6.07, 6.45) is 1.87. The molecule has 230 valence electrons. The van der Waals surface area contributed by atoms with Crippen molar-refractivity contribution in [2.75, 3.05) is 0 Å². The van der Waals surface area contributed by atoms with Crippen molar-refractivity contribution in [2.24, 2.45) is 0 Å². The zero-order chi connectivity index (χ0) is 32.6. The number of hydrogen-bond donors (Lipinski definition) is 0. The van der Waals surface area contributed by atoms with Gasteiger partial charge in [-0.25, -0.2) is 15.0 Å². The minimum Gasteiger partial charge on any atom is -0.456 e. The summed E-state index contributed by atoms with van der Waals surface area (Å²) in [7, 11) is 0. The van der Waals surface area contributed by atoms with Gasteiger partial charge in [0.1, 0.15) is 16.9 Å². The van der Waals surface area contributed by atoms with E-state index in [0.29, 0.717) is 23.2 Å². The monoisotopic (exact) mass is 628 g/mol. The summed E-state index contributed by atoms with van der Waals surface area (Å²) < 4.78 is 6.41. The quantitative estimate of drug-likeness (QED) is 0.183. The fourth-order valence-electron chi connectivity index (χ4n) is 6.34. The molecular weight excluding hydrogens is 601 g/mol. The Kier molecular flexibility index (Phi) is 7.06. The van der Waals surface area contributed by atoms with Crippen molar-refractivity contribution in [3.63, 3.8) is 0 Å². The van der Waals surface area contributed by atoms with Crippen LogP contribution in [0.5, 0.6) is 0 Å². The molecule has 0 aliphatic rings. The van der Waals surface area contributed by atoms with Gasteiger partial charge in [-0.2, -0.15) is 0 Å². The first-order valence-electron chi connectivity index (χ1n) is 16.2. The van der Waals surface area contributed by atoms with Crippen LogP contribution in [0.25, 0.3) is 89.6 Å². The summed E-state index contributed by atoms with van der Waals surface area (Å²) in [6, 6.07) is 55.7. The van der Waals surface area contributed by atoms with E-state index in [1.165, 1.54) is 0 Å². The third-order valence-corrected chi connectivity index (χ3v) is 8.83. The van der Waals surface area contributed by atoms with Crippen molar-refractivity contribution in [3.8, 4) is 67.7 Å². The molecule has 0 aliphatic heterocycles. The molecule has 6 aromatic carbocycles. The van der Waals surface area contributed by atoms with Gasteiger partial charge in [-0.3, -0.25) is 4.98 Å². The summed E-state index contributed by atoms with van der Waals surface area (Å²) in [5, 5.41) is 1.98. The lowest BCUT2D eigenvalue weighted by atomic mass is 10.00. The zero-order valence-corrected chi connectivity index (χ0v) is 26.4. The van der Waals surface area contributed by atoms with Crippen LogP contribution in [-0.4, -0.2) is 19.9 Å². The Labute approximate surface area is 283 Å². The van der Waals surface area contributed by atoms with E-state index in [0.717, 1.165) is 66.4 Å². The molecule has 0 amide bonds. The Balaban J connectivity index is 1.16. The van der Waals surface area contributed by atoms with Gasteiger partial charge in [-0.1, -0.05) is 152 Å². The first-order valence-corrected chi connectivity index (χ1v) is 16.2. The van der Waals surface area contributed by atoms with E-state index < -0.39 is 0 Å². The van der Waals surface area contributed by atoms with E-state index in [4.69, 9.17) is 24.4 Å². The van der Waals surface area contributed by atoms with E-state index in [1.807, 2.05) is 79.0 Å². The number of nitrogens with zero attached hydrogens (tertiary/aromatic N) is 4. The molecule has 0 saturated heterocycles. The standard InChI is InChI=1S/C44H28N4O/c1-4-11-29(12-5-1)31-19-23-34(24-20-31)42-46-43(35-25-21-32(22-26-35)30-13-6-2-7-14-30)48-44(47-42)38-27-40-37(28-45-38)41-36(17-10-18-39(41)49-40)33-15-8-3-9-16-33/h1-28H. The van der Waals surface area contributed by atoms with Crippen molar-refractivity contribution < 1.29 is 4.42 Å². The molecule has 0 N–H and O–H groups in total. The van der Waals surface area contributed by atoms with Crippen LogP contribution in [0.4, 0.5) is 0 Å². The predicted molar refractivity (Wildman–Crippen MR) is 198 cm³/mol. The van der Waals surface area contributed by atoms with Crippen LogP contribution in [0, 0.1) is 0 Å². The van der Waals surface area contributed by atoms with Crippen molar-refractivity contribution in [3.05, 3.63) is 170 Å². The summed E-state index contributed by atoms with van der Waals surface area (Å²) >= 11 is 0. The topological polar surface area (TPSA) is 64.7 Å². The van der Waals surface area contributed by atoms with E-state index in [-0.39, 0.29) is 0 Å². The summed E-state index contributed by atoms with van der Waals surface area (Å²) in [6.45, 7) is 0. The van der Waals surface area contributed by atoms with E-state index >= 15 is 0 Å². The Morgan fingerprint density at radius 1 is 0.367 bits per heavy atom. The third kappa shape index (κ3) is 5.43. The van der Waals surface area contributed by atoms with Crippen molar-refractivity contribution in [1.29, 1.82) is 0 Å². The number of pyridine rings is 1. The SMILES string of the molecule is c1ccc(-c2ccc(-c3nc(-c4ccc(-c5ccccc5)cc4)nc(-c4cc5oc6cccc(-c7ccccc7)c6c5cn4)n3)cc2)cc1. The van der Waals surface area contributed by atoms with Gasteiger partial charge in [0, 0.05) is 34.2 Å². The molecule has 5 nitrogen and oxygen atoms in total. The number of hydrogen-bond acceptors (Lipinski definition) is 5. The maximum atomic E-state index is 6.41.